The van der Waals surface area contributed by atoms with Gasteiger partial charge in [0.05, 0.1) is 22.7 Å². The van der Waals surface area contributed by atoms with Crippen LogP contribution in [0.1, 0.15) is 38.5 Å². The topological polar surface area (TPSA) is 101 Å². The van der Waals surface area contributed by atoms with Crippen LogP contribution in [0.2, 0.25) is 0 Å². The molecular weight excluding hydrogens is 326 g/mol. The minimum absolute atomic E-state index is 0.0149. The highest BCUT2D eigenvalue weighted by Crippen LogP contribution is 2.36. The average molecular weight is 349 g/mol. The highest BCUT2D eigenvalue weighted by Gasteiger charge is 2.39. The maximum atomic E-state index is 11.9. The molecule has 1 amide bonds. The third kappa shape index (κ3) is 4.62. The number of nitrogens with one attached hydrogen (secondary N) is 1. The summed E-state index contributed by atoms with van der Waals surface area (Å²) in [6.45, 7) is 0.171. The number of carbonyl (C=O) groups excluding carboxylic acids is 1. The number of hydrogen-bond acceptors (Lipinski definition) is 5. The number of aliphatic carboxylic acids is 1. The number of carbonyl (C=O) groups is 2. The Morgan fingerprint density at radius 1 is 1.23 bits per heavy atom. The minimum Gasteiger partial charge on any atom is -0.481 e. The second-order valence-corrected chi connectivity index (χ2v) is 9.78. The predicted octanol–water partition coefficient (Wildman–Crippen LogP) is 1.06. The lowest BCUT2D eigenvalue weighted by Gasteiger charge is -2.33. The molecule has 1 heterocycles. The van der Waals surface area contributed by atoms with Gasteiger partial charge in [-0.3, -0.25) is 9.59 Å². The molecular formula is C14H23NO5S2. The Labute approximate surface area is 135 Å². The minimum atomic E-state index is -2.92. The van der Waals surface area contributed by atoms with E-state index in [9.17, 15) is 23.1 Å². The van der Waals surface area contributed by atoms with Gasteiger partial charge in [0.2, 0.25) is 5.91 Å². The summed E-state index contributed by atoms with van der Waals surface area (Å²) in [6, 6.07) is 0. The van der Waals surface area contributed by atoms with E-state index in [2.05, 4.69) is 5.32 Å². The van der Waals surface area contributed by atoms with E-state index in [1.54, 1.807) is 0 Å². The van der Waals surface area contributed by atoms with Crippen LogP contribution in [0.15, 0.2) is 0 Å². The number of rotatable bonds is 6. The average Bonchev–Trinajstić information content (AvgIpc) is 2.83. The van der Waals surface area contributed by atoms with Crippen molar-refractivity contribution in [3.63, 3.8) is 0 Å². The van der Waals surface area contributed by atoms with Gasteiger partial charge < -0.3 is 10.4 Å². The molecule has 1 atom stereocenters. The molecule has 1 unspecified atom stereocenters. The van der Waals surface area contributed by atoms with Crippen molar-refractivity contribution in [1.82, 2.24) is 5.32 Å². The summed E-state index contributed by atoms with van der Waals surface area (Å²) < 4.78 is 22.7. The van der Waals surface area contributed by atoms with Crippen molar-refractivity contribution >= 4 is 33.5 Å². The van der Waals surface area contributed by atoms with Gasteiger partial charge >= 0.3 is 5.97 Å². The Morgan fingerprint density at radius 3 is 2.45 bits per heavy atom. The molecule has 0 aromatic rings. The van der Waals surface area contributed by atoms with Crippen LogP contribution in [0.4, 0.5) is 0 Å². The van der Waals surface area contributed by atoms with E-state index in [1.807, 2.05) is 0 Å². The Morgan fingerprint density at radius 2 is 1.91 bits per heavy atom. The van der Waals surface area contributed by atoms with Crippen LogP contribution < -0.4 is 5.32 Å². The van der Waals surface area contributed by atoms with Crippen LogP contribution in [-0.2, 0) is 19.4 Å². The van der Waals surface area contributed by atoms with Crippen LogP contribution in [0.25, 0.3) is 0 Å². The molecule has 2 aliphatic rings. The van der Waals surface area contributed by atoms with Crippen molar-refractivity contribution in [1.29, 1.82) is 0 Å². The number of amides is 1. The summed E-state index contributed by atoms with van der Waals surface area (Å²) in [7, 11) is -2.92. The summed E-state index contributed by atoms with van der Waals surface area (Å²) in [4.78, 5) is 23.4. The highest BCUT2D eigenvalue weighted by atomic mass is 32.2. The van der Waals surface area contributed by atoms with Crippen molar-refractivity contribution in [2.45, 2.75) is 43.8 Å². The summed E-state index contributed by atoms with van der Waals surface area (Å²) in [6.07, 6.45) is 4.63. The number of thioether (sulfide) groups is 1. The fourth-order valence-corrected chi connectivity index (χ4v) is 6.57. The van der Waals surface area contributed by atoms with Gasteiger partial charge in [0.1, 0.15) is 0 Å². The zero-order chi connectivity index (χ0) is 16.2. The Kier molecular flexibility index (Phi) is 5.76. The third-order valence-electron chi connectivity index (χ3n) is 4.53. The molecule has 1 aliphatic carbocycles. The van der Waals surface area contributed by atoms with E-state index in [1.165, 1.54) is 11.8 Å². The lowest BCUT2D eigenvalue weighted by Crippen LogP contribution is -2.44. The quantitative estimate of drug-likeness (QED) is 0.744. The fraction of sp³-hybridized carbons (Fsp3) is 0.857. The SMILES string of the molecule is O=C(CSC1CCS(=O)(=O)C1)NCC1(C(=O)O)CCCCC1. The summed E-state index contributed by atoms with van der Waals surface area (Å²) >= 11 is 1.35. The lowest BCUT2D eigenvalue weighted by molar-refractivity contribution is -0.151. The van der Waals surface area contributed by atoms with E-state index < -0.39 is 21.2 Å². The van der Waals surface area contributed by atoms with Gasteiger partial charge in [-0.2, -0.15) is 0 Å². The smallest absolute Gasteiger partial charge is 0.311 e. The first kappa shape index (κ1) is 17.6. The molecule has 6 nitrogen and oxygen atoms in total. The monoisotopic (exact) mass is 349 g/mol. The summed E-state index contributed by atoms with van der Waals surface area (Å²) in [5.41, 5.74) is -0.824. The van der Waals surface area contributed by atoms with E-state index in [0.717, 1.165) is 19.3 Å². The van der Waals surface area contributed by atoms with Crippen molar-refractivity contribution in [3.8, 4) is 0 Å². The normalized spacial score (nSPS) is 26.5. The van der Waals surface area contributed by atoms with Gasteiger partial charge in [-0.1, -0.05) is 19.3 Å². The summed E-state index contributed by atoms with van der Waals surface area (Å²) in [5.74, 6) is -0.503. The second kappa shape index (κ2) is 7.21. The first-order valence-electron chi connectivity index (χ1n) is 7.65. The van der Waals surface area contributed by atoms with Gasteiger partial charge in [-0.15, -0.1) is 11.8 Å². The van der Waals surface area contributed by atoms with Gasteiger partial charge in [-0.05, 0) is 19.3 Å². The lowest BCUT2D eigenvalue weighted by atomic mass is 9.74. The van der Waals surface area contributed by atoms with Crippen LogP contribution >= 0.6 is 11.8 Å². The maximum absolute atomic E-state index is 11.9. The molecule has 1 saturated carbocycles. The predicted molar refractivity (Wildman–Crippen MR) is 85.7 cm³/mol. The zero-order valence-electron chi connectivity index (χ0n) is 12.5. The molecule has 0 aromatic carbocycles. The molecule has 126 valence electrons. The molecule has 0 bridgehead atoms. The van der Waals surface area contributed by atoms with E-state index in [4.69, 9.17) is 0 Å². The fourth-order valence-electron chi connectivity index (χ4n) is 3.10. The number of carboxylic acid groups (broad SMARTS) is 1. The van der Waals surface area contributed by atoms with Crippen molar-refractivity contribution in [3.05, 3.63) is 0 Å². The molecule has 22 heavy (non-hydrogen) atoms. The van der Waals surface area contributed by atoms with Gasteiger partial charge in [-0.25, -0.2) is 8.42 Å². The molecule has 0 radical (unpaired) electrons. The van der Waals surface area contributed by atoms with Gasteiger partial charge in [0.15, 0.2) is 9.84 Å². The van der Waals surface area contributed by atoms with Gasteiger partial charge in [0.25, 0.3) is 0 Å². The standard InChI is InChI=1S/C14H23NO5S2/c16-12(8-21-11-4-7-22(19,20)9-11)15-10-14(13(17)18)5-2-1-3-6-14/h11H,1-10H2,(H,15,16)(H,17,18). The van der Waals surface area contributed by atoms with E-state index in [-0.39, 0.29) is 35.0 Å². The maximum Gasteiger partial charge on any atom is 0.311 e. The van der Waals surface area contributed by atoms with E-state index >= 15 is 0 Å². The number of hydrogen-bond donors (Lipinski definition) is 2. The van der Waals surface area contributed by atoms with Crippen molar-refractivity contribution in [2.75, 3.05) is 23.8 Å². The first-order chi connectivity index (χ1) is 10.3. The molecule has 0 spiro atoms. The molecule has 1 aliphatic heterocycles. The van der Waals surface area contributed by atoms with Crippen LogP contribution in [0.5, 0.6) is 0 Å². The van der Waals surface area contributed by atoms with Crippen LogP contribution in [-0.4, -0.2) is 54.5 Å². The molecule has 8 heteroatoms. The molecule has 0 aromatic heterocycles. The van der Waals surface area contributed by atoms with Crippen LogP contribution in [0, 0.1) is 5.41 Å². The second-order valence-electron chi connectivity index (χ2n) is 6.26. The zero-order valence-corrected chi connectivity index (χ0v) is 14.2. The molecule has 2 fully saturated rings. The Bertz CT molecular complexity index is 525. The van der Waals surface area contributed by atoms with Crippen LogP contribution in [0.3, 0.4) is 0 Å². The Hall–Kier alpha value is -0.760. The largest absolute Gasteiger partial charge is 0.481 e. The third-order valence-corrected chi connectivity index (χ3v) is 7.81. The molecule has 2 rings (SSSR count). The van der Waals surface area contributed by atoms with Crippen molar-refractivity contribution in [2.24, 2.45) is 5.41 Å². The molecule has 2 N–H and O–H groups in total. The van der Waals surface area contributed by atoms with E-state index in [0.29, 0.717) is 19.3 Å². The first-order valence-corrected chi connectivity index (χ1v) is 10.5. The number of carboxylic acids is 1. The summed E-state index contributed by atoms with van der Waals surface area (Å²) in [5, 5.41) is 12.2. The Balaban J connectivity index is 1.76. The number of sulfone groups is 1. The van der Waals surface area contributed by atoms with Crippen molar-refractivity contribution < 1.29 is 23.1 Å². The molecule has 1 saturated heterocycles. The highest BCUT2D eigenvalue weighted by molar-refractivity contribution is 8.02. The van der Waals surface area contributed by atoms with Gasteiger partial charge in [0, 0.05) is 11.8 Å².